The number of benzene rings is 2. The summed E-state index contributed by atoms with van der Waals surface area (Å²) in [6.45, 7) is 31.5. The van der Waals surface area contributed by atoms with Gasteiger partial charge in [0.15, 0.2) is 52.4 Å². The van der Waals surface area contributed by atoms with Crippen molar-refractivity contribution in [2.45, 2.75) is 331 Å². The lowest BCUT2D eigenvalue weighted by molar-refractivity contribution is -0.146. The van der Waals surface area contributed by atoms with Crippen LogP contribution in [0.4, 0.5) is 6.01 Å². The fourth-order valence-electron chi connectivity index (χ4n) is 21.0. The molecule has 1 spiro atoms. The molecule has 148 heavy (non-hydrogen) atoms. The SMILES string of the molecule is COC(=O)C1CCC(c2nc(C)no2)CC1.COC(=O)c1ccc(CN2CCC(c3nc(C)no3)CC2)cc1.Cc1noc(-c2cn3c(n2)CCCC3)n1.Cc1noc(C(=O)N2CCC(C)CC2)n1.Cc1noc(C2CCC3(CCC3)CC2)n1.Cc1noc(C2CCC3=C(CC=N3)C2)n1.Cc1noc(CC2CCCCC2)n1.Cc1noc(CC2CCN(Cc3ccc(C(=O)O)cc3)CC2)n1.Cc1noc(N2CCC(C)CC2)n1. The molecule has 6 aliphatic heterocycles. The van der Waals surface area contributed by atoms with Crippen molar-refractivity contribution >= 4 is 36.0 Å². The number of hydrogen-bond donors (Lipinski definition) is 1. The summed E-state index contributed by atoms with van der Waals surface area (Å²) >= 11 is 0. The predicted octanol–water partition coefficient (Wildman–Crippen LogP) is 19.4. The molecule has 1 unspecified atom stereocenters. The minimum Gasteiger partial charge on any atom is -0.478 e. The normalized spacial score (nSPS) is 19.7. The van der Waals surface area contributed by atoms with Gasteiger partial charge in [-0.3, -0.25) is 24.4 Å². The van der Waals surface area contributed by atoms with Crippen LogP contribution in [-0.4, -0.2) is 217 Å². The van der Waals surface area contributed by atoms with Crippen LogP contribution in [0.15, 0.2) is 112 Å². The molecule has 2 aromatic carbocycles. The first-order chi connectivity index (χ1) is 71.6. The Morgan fingerprint density at radius 2 is 0.892 bits per heavy atom. The molecule has 23 rings (SSSR count). The molecule has 16 heterocycles. The third-order valence-corrected chi connectivity index (χ3v) is 30.0. The van der Waals surface area contributed by atoms with Gasteiger partial charge in [-0.15, -0.1) is 0 Å². The number of aryl methyl sites for hydroxylation is 11. The van der Waals surface area contributed by atoms with Crippen LogP contribution in [0, 0.1) is 97.3 Å². The fourth-order valence-corrected chi connectivity index (χ4v) is 21.0. The first kappa shape index (κ1) is 109. The summed E-state index contributed by atoms with van der Waals surface area (Å²) < 4.78 is 57.9. The van der Waals surface area contributed by atoms with E-state index in [2.05, 4.69) is 134 Å². The largest absolute Gasteiger partial charge is 0.478 e. The third kappa shape index (κ3) is 32.2. The van der Waals surface area contributed by atoms with Crippen molar-refractivity contribution in [3.05, 3.63) is 188 Å². The standard InChI is InChI=1S/2C17H21N3O3.C12H18N2O.C11H13N3O.C11H16N2O3.C10H12N4O.C10H15N3O2.C10H16N2O.C9H15N3O/c1-12-18-16(23-19-12)14-7-9-20(10-8-14)11-13-3-5-15(6-4-13)17(21)22-2;1-12-18-16(23-19-12)10-13-6-8-20(9-7-13)11-14-2-4-15(5-3-14)17(21)22;1-9-13-11(15-14-9)10-3-7-12(8-4-10)5-2-6-12;1-7-13-11(15-14-7)9-2-3-10-8(6-9)4-5-12-10;1-7-12-10(16-13-7)8-3-5-9(6-4-8)11(14)15-2;1-7-11-10(15-13-7)8-6-14-5-3-2-4-9(14)12-8;1-7-3-5-13(6-4-7)10(14)9-11-8(2)12-15-9;1-8-11-10(13-12-8)7-9-5-3-2-4-6-9;1-7-3-5-12(6-4-7)9-10-8(2)11-13-9/h3-6,14H,7-11H2,1-2H3;2-5,13H,6-11H2,1H3,(H,21,22);10H,2-8H2,1H3;5,9H,2-4,6H2,1H3;8-9H,3-6H2,1-2H3;6H,2-5H2,1H3;7H,3-6H2,1-2H3;9H,2-7H2,1H3;7H,3-6H2,1-2H3. The number of likely N-dealkylation sites (tertiary alicyclic amines) is 3. The van der Waals surface area contributed by atoms with Crippen LogP contribution in [0.3, 0.4) is 0 Å². The van der Waals surface area contributed by atoms with Crippen molar-refractivity contribution < 1.29 is 74.5 Å². The number of amides is 1. The van der Waals surface area contributed by atoms with Crippen LogP contribution in [0.2, 0.25) is 0 Å². The van der Waals surface area contributed by atoms with Crippen molar-refractivity contribution in [2.75, 3.05) is 71.5 Å². The van der Waals surface area contributed by atoms with Gasteiger partial charge in [0, 0.05) is 113 Å². The zero-order valence-corrected chi connectivity index (χ0v) is 88.3. The first-order valence-electron chi connectivity index (χ1n) is 53.2. The summed E-state index contributed by atoms with van der Waals surface area (Å²) in [4.78, 5) is 101. The number of piperidine rings is 4. The van der Waals surface area contributed by atoms with Crippen molar-refractivity contribution in [2.24, 2.45) is 40.0 Å². The number of hydrogen-bond acceptors (Lipinski definition) is 38. The number of aromatic carboxylic acids is 1. The van der Waals surface area contributed by atoms with E-state index in [-0.39, 0.29) is 29.7 Å². The van der Waals surface area contributed by atoms with E-state index in [1.165, 1.54) is 134 Å². The highest BCUT2D eigenvalue weighted by Gasteiger charge is 2.42. The molecule has 796 valence electrons. The molecule has 41 heteroatoms. The van der Waals surface area contributed by atoms with E-state index >= 15 is 0 Å². The van der Waals surface area contributed by atoms with E-state index in [0.29, 0.717) is 99.4 Å². The average Bonchev–Trinajstić information content (AvgIpc) is 1.74. The number of esters is 2. The van der Waals surface area contributed by atoms with Gasteiger partial charge in [0.25, 0.3) is 5.89 Å². The molecule has 1 atom stereocenters. The number of nitrogens with zero attached hydrogens (tertiary/aromatic N) is 25. The van der Waals surface area contributed by atoms with Crippen LogP contribution >= 0.6 is 0 Å². The number of carbonyl (C=O) groups excluding carboxylic acids is 3. The average molecular weight is 2040 g/mol. The van der Waals surface area contributed by atoms with Crippen LogP contribution < -0.4 is 4.90 Å². The molecular weight excluding hydrogens is 1890 g/mol. The van der Waals surface area contributed by atoms with E-state index in [1.807, 2.05) is 104 Å². The maximum atomic E-state index is 11.8. The number of allylic oxidation sites excluding steroid dienone is 2. The number of rotatable bonds is 18. The lowest BCUT2D eigenvalue weighted by Gasteiger charge is -2.46. The van der Waals surface area contributed by atoms with Crippen molar-refractivity contribution in [3.8, 4) is 11.6 Å². The van der Waals surface area contributed by atoms with Crippen LogP contribution in [-0.2, 0) is 53.2 Å². The zero-order valence-electron chi connectivity index (χ0n) is 88.3. The van der Waals surface area contributed by atoms with Gasteiger partial charge in [-0.1, -0.05) is 110 Å². The summed E-state index contributed by atoms with van der Waals surface area (Å²) in [6.07, 6.45) is 42.4. The van der Waals surface area contributed by atoms with Gasteiger partial charge >= 0.3 is 35.7 Å². The Kier molecular flexibility index (Phi) is 39.6. The molecule has 0 radical (unpaired) electrons. The molecule has 11 aliphatic rings. The number of fused-ring (bicyclic) bond motifs is 1. The summed E-state index contributed by atoms with van der Waals surface area (Å²) in [5.74, 6) is 15.9. The molecule has 5 aliphatic carbocycles. The highest BCUT2D eigenvalue weighted by atomic mass is 16.5. The fraction of sp³-hybridized carbons (Fsp3) is 0.626. The Labute approximate surface area is 863 Å². The van der Waals surface area contributed by atoms with Gasteiger partial charge in [-0.2, -0.15) is 44.9 Å². The van der Waals surface area contributed by atoms with Crippen molar-refractivity contribution in [3.63, 3.8) is 0 Å². The smallest absolute Gasteiger partial charge is 0.337 e. The molecule has 41 nitrogen and oxygen atoms in total. The minimum absolute atomic E-state index is 0.0465. The van der Waals surface area contributed by atoms with E-state index in [4.69, 9.17) is 55.3 Å². The molecule has 8 fully saturated rings. The Morgan fingerprint density at radius 3 is 1.36 bits per heavy atom. The van der Waals surface area contributed by atoms with E-state index in [0.717, 1.165) is 262 Å². The number of imidazole rings is 1. The van der Waals surface area contributed by atoms with Gasteiger partial charge in [0.1, 0.15) is 11.5 Å². The molecule has 1 N–H and O–H groups in total. The van der Waals surface area contributed by atoms with Gasteiger partial charge < -0.3 is 69.7 Å². The van der Waals surface area contributed by atoms with Gasteiger partial charge in [-0.25, -0.2) is 14.6 Å². The molecule has 4 saturated carbocycles. The number of methoxy groups -OCH3 is 2. The first-order valence-corrected chi connectivity index (χ1v) is 53.2. The Bertz CT molecular complexity index is 6130. The lowest BCUT2D eigenvalue weighted by Crippen LogP contribution is -2.38. The topological polar surface area (TPSA) is 500 Å². The van der Waals surface area contributed by atoms with Crippen LogP contribution in [0.5, 0.6) is 0 Å². The van der Waals surface area contributed by atoms with Gasteiger partial charge in [0.2, 0.25) is 35.3 Å². The van der Waals surface area contributed by atoms with E-state index in [9.17, 15) is 19.2 Å². The Morgan fingerprint density at radius 1 is 0.412 bits per heavy atom. The summed E-state index contributed by atoms with van der Waals surface area (Å²) in [5.41, 5.74) is 7.55. The van der Waals surface area contributed by atoms with Crippen molar-refractivity contribution in [1.82, 2.24) is 116 Å². The zero-order chi connectivity index (χ0) is 104. The second-order valence-corrected chi connectivity index (χ2v) is 41.5. The van der Waals surface area contributed by atoms with E-state index < -0.39 is 5.97 Å². The summed E-state index contributed by atoms with van der Waals surface area (Å²) in [6, 6.07) is 15.4. The second-order valence-electron chi connectivity index (χ2n) is 41.5. The number of aromatic nitrogens is 20. The highest BCUT2D eigenvalue weighted by Crippen LogP contribution is 2.54. The molecule has 1 amide bonds. The predicted molar refractivity (Wildman–Crippen MR) is 542 cm³/mol. The number of aliphatic imine (C=N–C) groups is 1. The number of anilines is 1. The van der Waals surface area contributed by atoms with Crippen LogP contribution in [0.25, 0.3) is 11.6 Å². The third-order valence-electron chi connectivity index (χ3n) is 30.0. The minimum atomic E-state index is -0.881. The van der Waals surface area contributed by atoms with Crippen molar-refractivity contribution in [1.29, 1.82) is 0 Å². The number of carbonyl (C=O) groups is 4. The Balaban J connectivity index is 0.000000126. The lowest BCUT2D eigenvalue weighted by atomic mass is 9.59. The molecular formula is C107H147N25O16. The Hall–Kier alpha value is -13.1. The monoisotopic (exact) mass is 2040 g/mol. The molecule has 10 aromatic heterocycles. The van der Waals surface area contributed by atoms with Crippen LogP contribution in [0.1, 0.15) is 366 Å². The second kappa shape index (κ2) is 53.7. The number of carboxylic acid groups (broad SMARTS) is 1. The molecule has 12 aromatic rings. The molecule has 0 bridgehead atoms. The maximum Gasteiger partial charge on any atom is 0.337 e. The summed E-state index contributed by atoms with van der Waals surface area (Å²) in [7, 11) is 2.83. The van der Waals surface area contributed by atoms with E-state index in [1.54, 1.807) is 24.0 Å². The highest BCUT2D eigenvalue weighted by molar-refractivity contribution is 5.90. The van der Waals surface area contributed by atoms with Gasteiger partial charge in [0.05, 0.1) is 31.3 Å². The quantitative estimate of drug-likeness (QED) is 0.0779. The number of ether oxygens (including phenoxy) is 2. The van der Waals surface area contributed by atoms with Gasteiger partial charge in [-0.05, 0) is 319 Å². The molecule has 4 saturated heterocycles. The number of carboxylic acids is 1. The summed E-state index contributed by atoms with van der Waals surface area (Å²) in [5, 5.41) is 43.1. The maximum absolute atomic E-state index is 11.8.